The number of H-pyrrole nitrogens is 1. The van der Waals surface area contributed by atoms with E-state index in [1.807, 2.05) is 26.0 Å². The van der Waals surface area contributed by atoms with Gasteiger partial charge in [0.05, 0.1) is 0 Å². The van der Waals surface area contributed by atoms with Gasteiger partial charge in [0.2, 0.25) is 0 Å². The number of hydrogen-bond donors (Lipinski definition) is 2. The molecule has 2 N–H and O–H groups in total. The minimum atomic E-state index is -0.798. The Morgan fingerprint density at radius 3 is 2.95 bits per heavy atom. The molecule has 8 heteroatoms. The van der Waals surface area contributed by atoms with Crippen molar-refractivity contribution in [3.8, 4) is 0 Å². The number of hydrogen-bond acceptors (Lipinski definition) is 6. The number of nitrogens with zero attached hydrogens (tertiary/aromatic N) is 3. The highest BCUT2D eigenvalue weighted by atomic mass is 32.2. The zero-order valence-corrected chi connectivity index (χ0v) is 12.9. The maximum Gasteiger partial charge on any atom is 0.339 e. The summed E-state index contributed by atoms with van der Waals surface area (Å²) in [5, 5.41) is 6.89. The lowest BCUT2D eigenvalue weighted by molar-refractivity contribution is 0.581. The van der Waals surface area contributed by atoms with Gasteiger partial charge in [-0.05, 0) is 31.3 Å². The third kappa shape index (κ3) is 3.59. The standard InChI is InChI=1S/C13H17N5O2S/c1-4-14-8(2)9-6-5-7-15-12(9)21-13-16-10(19)11(20)17-18(13)3/h5-8,14H,4H2,1-3H3,(H,17,20). The quantitative estimate of drug-likeness (QED) is 0.789. The molecule has 0 bridgehead atoms. The summed E-state index contributed by atoms with van der Waals surface area (Å²) in [7, 11) is 1.63. The minimum absolute atomic E-state index is 0.131. The van der Waals surface area contributed by atoms with E-state index in [-0.39, 0.29) is 6.04 Å². The summed E-state index contributed by atoms with van der Waals surface area (Å²) in [6, 6.07) is 3.98. The molecule has 0 aliphatic heterocycles. The van der Waals surface area contributed by atoms with Gasteiger partial charge in [0.1, 0.15) is 5.03 Å². The second kappa shape index (κ2) is 6.68. The second-order valence-corrected chi connectivity index (χ2v) is 5.43. The van der Waals surface area contributed by atoms with Crippen LogP contribution in [0.15, 0.2) is 38.1 Å². The Morgan fingerprint density at radius 1 is 1.48 bits per heavy atom. The third-order valence-corrected chi connectivity index (χ3v) is 4.00. The van der Waals surface area contributed by atoms with E-state index < -0.39 is 11.1 Å². The molecule has 0 aliphatic carbocycles. The molecule has 112 valence electrons. The van der Waals surface area contributed by atoms with Gasteiger partial charge in [-0.15, -0.1) is 0 Å². The van der Waals surface area contributed by atoms with E-state index in [4.69, 9.17) is 0 Å². The van der Waals surface area contributed by atoms with Gasteiger partial charge in [-0.25, -0.2) is 4.98 Å². The van der Waals surface area contributed by atoms with E-state index in [1.54, 1.807) is 13.2 Å². The average molecular weight is 307 g/mol. The van der Waals surface area contributed by atoms with E-state index >= 15 is 0 Å². The fourth-order valence-corrected chi connectivity index (χ4v) is 2.83. The lowest BCUT2D eigenvalue weighted by atomic mass is 10.1. The summed E-state index contributed by atoms with van der Waals surface area (Å²) in [4.78, 5) is 30.7. The normalized spacial score (nSPS) is 12.3. The molecule has 2 heterocycles. The van der Waals surface area contributed by atoms with Crippen LogP contribution in [-0.4, -0.2) is 26.3 Å². The van der Waals surface area contributed by atoms with Gasteiger partial charge in [0.25, 0.3) is 0 Å². The summed E-state index contributed by atoms with van der Waals surface area (Å²) in [6.07, 6.45) is 1.69. The highest BCUT2D eigenvalue weighted by Gasteiger charge is 2.14. The predicted molar refractivity (Wildman–Crippen MR) is 80.6 cm³/mol. The van der Waals surface area contributed by atoms with E-state index in [0.29, 0.717) is 5.16 Å². The van der Waals surface area contributed by atoms with Gasteiger partial charge >= 0.3 is 11.1 Å². The summed E-state index contributed by atoms with van der Waals surface area (Å²) in [6.45, 7) is 4.92. The van der Waals surface area contributed by atoms with Crippen LogP contribution in [0.3, 0.4) is 0 Å². The van der Waals surface area contributed by atoms with Crippen molar-refractivity contribution in [3.63, 3.8) is 0 Å². The molecule has 0 radical (unpaired) electrons. The lowest BCUT2D eigenvalue weighted by Gasteiger charge is -2.16. The van der Waals surface area contributed by atoms with Crippen LogP contribution in [0.25, 0.3) is 0 Å². The van der Waals surface area contributed by atoms with Gasteiger partial charge in [0.15, 0.2) is 5.16 Å². The Hall–Kier alpha value is -1.93. The molecule has 0 saturated carbocycles. The van der Waals surface area contributed by atoms with Crippen molar-refractivity contribution in [2.45, 2.75) is 30.1 Å². The fraction of sp³-hybridized carbons (Fsp3) is 0.385. The van der Waals surface area contributed by atoms with E-state index in [9.17, 15) is 9.59 Å². The van der Waals surface area contributed by atoms with E-state index in [1.165, 1.54) is 16.4 Å². The van der Waals surface area contributed by atoms with E-state index in [0.717, 1.165) is 17.1 Å². The summed E-state index contributed by atoms with van der Waals surface area (Å²) >= 11 is 1.25. The molecule has 0 aromatic carbocycles. The molecule has 2 aromatic rings. The molecule has 21 heavy (non-hydrogen) atoms. The van der Waals surface area contributed by atoms with Crippen LogP contribution in [-0.2, 0) is 7.05 Å². The molecule has 2 rings (SSSR count). The van der Waals surface area contributed by atoms with Crippen molar-refractivity contribution >= 4 is 11.8 Å². The van der Waals surface area contributed by atoms with Crippen LogP contribution >= 0.6 is 11.8 Å². The van der Waals surface area contributed by atoms with Crippen molar-refractivity contribution in [3.05, 3.63) is 44.6 Å². The van der Waals surface area contributed by atoms with Crippen LogP contribution in [0.2, 0.25) is 0 Å². The Kier molecular flexibility index (Phi) is 4.92. The minimum Gasteiger partial charge on any atom is -0.310 e. The maximum absolute atomic E-state index is 11.4. The molecule has 1 atom stereocenters. The summed E-state index contributed by atoms with van der Waals surface area (Å²) < 4.78 is 1.42. The van der Waals surface area contributed by atoms with Gasteiger partial charge in [-0.2, -0.15) is 4.98 Å². The zero-order chi connectivity index (χ0) is 15.4. The van der Waals surface area contributed by atoms with Crippen LogP contribution in [0.1, 0.15) is 25.5 Å². The smallest absolute Gasteiger partial charge is 0.310 e. The first-order chi connectivity index (χ1) is 10.0. The first kappa shape index (κ1) is 15.5. The molecule has 0 spiro atoms. The lowest BCUT2D eigenvalue weighted by Crippen LogP contribution is -2.33. The van der Waals surface area contributed by atoms with Crippen LogP contribution < -0.4 is 16.4 Å². The van der Waals surface area contributed by atoms with Gasteiger partial charge in [-0.3, -0.25) is 19.4 Å². The predicted octanol–water partition coefficient (Wildman–Crippen LogP) is 0.685. The number of aromatic amines is 1. The molecule has 7 nitrogen and oxygen atoms in total. The van der Waals surface area contributed by atoms with Crippen molar-refractivity contribution < 1.29 is 0 Å². The van der Waals surface area contributed by atoms with E-state index in [2.05, 4.69) is 20.4 Å². The molecule has 0 amide bonds. The molecular formula is C13H17N5O2S. The Balaban J connectivity index is 2.38. The first-order valence-electron chi connectivity index (χ1n) is 6.56. The van der Waals surface area contributed by atoms with Crippen molar-refractivity contribution in [1.82, 2.24) is 25.1 Å². The maximum atomic E-state index is 11.4. The largest absolute Gasteiger partial charge is 0.339 e. The molecular weight excluding hydrogens is 290 g/mol. The number of rotatable bonds is 5. The highest BCUT2D eigenvalue weighted by molar-refractivity contribution is 7.99. The molecule has 1 unspecified atom stereocenters. The van der Waals surface area contributed by atoms with Crippen molar-refractivity contribution in [2.24, 2.45) is 7.05 Å². The Morgan fingerprint density at radius 2 is 2.24 bits per heavy atom. The van der Waals surface area contributed by atoms with Gasteiger partial charge in [-0.1, -0.05) is 13.0 Å². The SMILES string of the molecule is CCNC(C)c1cccnc1Sc1nc(=O)c(=O)[nH]n1C. The van der Waals surface area contributed by atoms with Crippen LogP contribution in [0, 0.1) is 0 Å². The molecule has 0 aliphatic rings. The monoisotopic (exact) mass is 307 g/mol. The topological polar surface area (TPSA) is 92.7 Å². The highest BCUT2D eigenvalue weighted by Crippen LogP contribution is 2.29. The Labute approximate surface area is 125 Å². The first-order valence-corrected chi connectivity index (χ1v) is 7.38. The fourth-order valence-electron chi connectivity index (χ4n) is 1.87. The number of aromatic nitrogens is 4. The van der Waals surface area contributed by atoms with Crippen molar-refractivity contribution in [2.75, 3.05) is 6.54 Å². The second-order valence-electron chi connectivity index (χ2n) is 4.48. The summed E-state index contributed by atoms with van der Waals surface area (Å²) in [5.74, 6) is 0. The molecule has 0 fully saturated rings. The number of pyridine rings is 1. The van der Waals surface area contributed by atoms with Gasteiger partial charge < -0.3 is 5.32 Å². The molecule has 0 saturated heterocycles. The molecule has 2 aromatic heterocycles. The van der Waals surface area contributed by atoms with Gasteiger partial charge in [0, 0.05) is 24.8 Å². The number of nitrogens with one attached hydrogen (secondary N) is 2. The average Bonchev–Trinajstić information content (AvgIpc) is 2.45. The third-order valence-electron chi connectivity index (χ3n) is 2.91. The van der Waals surface area contributed by atoms with Crippen LogP contribution in [0.4, 0.5) is 0 Å². The van der Waals surface area contributed by atoms with Crippen LogP contribution in [0.5, 0.6) is 0 Å². The van der Waals surface area contributed by atoms with Crippen molar-refractivity contribution in [1.29, 1.82) is 0 Å². The zero-order valence-electron chi connectivity index (χ0n) is 12.1. The summed E-state index contributed by atoms with van der Waals surface area (Å²) in [5.41, 5.74) is -0.512. The Bertz CT molecular complexity index is 740. The number of aryl methyl sites for hydroxylation is 1.